The second kappa shape index (κ2) is 5.64. The van der Waals surface area contributed by atoms with Crippen molar-refractivity contribution in [3.8, 4) is 5.69 Å². The normalized spacial score (nSPS) is 22.9. The maximum absolute atomic E-state index is 12.8. The molecule has 4 rings (SSSR count). The molecule has 6 heteroatoms. The van der Waals surface area contributed by atoms with E-state index < -0.39 is 0 Å². The second-order valence-electron chi connectivity index (χ2n) is 6.67. The smallest absolute Gasteiger partial charge is 0.230 e. The first-order valence-electron chi connectivity index (χ1n) is 8.10. The Balaban J connectivity index is 1.65. The van der Waals surface area contributed by atoms with Gasteiger partial charge < -0.3 is 4.90 Å². The van der Waals surface area contributed by atoms with Crippen molar-refractivity contribution >= 4 is 23.2 Å². The Hall–Kier alpha value is -1.88. The number of aromatic nitrogens is 3. The lowest BCUT2D eigenvalue weighted by Crippen LogP contribution is -2.34. The van der Waals surface area contributed by atoms with Gasteiger partial charge in [-0.3, -0.25) is 9.78 Å². The van der Waals surface area contributed by atoms with Gasteiger partial charge in [0.1, 0.15) is 5.69 Å². The van der Waals surface area contributed by atoms with Gasteiger partial charge in [-0.25, -0.2) is 4.68 Å². The van der Waals surface area contributed by atoms with E-state index in [0.717, 1.165) is 18.7 Å². The van der Waals surface area contributed by atoms with Crippen molar-refractivity contribution in [1.29, 1.82) is 0 Å². The maximum Gasteiger partial charge on any atom is 0.230 e. The summed E-state index contributed by atoms with van der Waals surface area (Å²) >= 11 is 6.35. The van der Waals surface area contributed by atoms with Gasteiger partial charge in [0.05, 0.1) is 18.1 Å². The van der Waals surface area contributed by atoms with Crippen LogP contribution in [0.25, 0.3) is 5.69 Å². The zero-order valence-corrected chi connectivity index (χ0v) is 13.8. The van der Waals surface area contributed by atoms with Gasteiger partial charge in [0.25, 0.3) is 0 Å². The third-order valence-corrected chi connectivity index (χ3v) is 4.95. The Morgan fingerprint density at radius 1 is 1.48 bits per heavy atom. The molecular formula is C17H19ClN4O. The van der Waals surface area contributed by atoms with Crippen LogP contribution >= 0.6 is 11.6 Å². The van der Waals surface area contributed by atoms with Gasteiger partial charge in [-0.05, 0) is 43.2 Å². The SMILES string of the molecule is CC1CC1C(=O)N(CC1CC1)c1cn(-c2cccnc2)nc1Cl. The number of hydrogen-bond donors (Lipinski definition) is 0. The summed E-state index contributed by atoms with van der Waals surface area (Å²) in [7, 11) is 0. The summed E-state index contributed by atoms with van der Waals surface area (Å²) in [4.78, 5) is 18.8. The molecule has 2 aliphatic rings. The first-order chi connectivity index (χ1) is 11.1. The number of halogens is 1. The number of carbonyl (C=O) groups excluding carboxylic acids is 1. The van der Waals surface area contributed by atoms with Crippen molar-refractivity contribution in [3.63, 3.8) is 0 Å². The van der Waals surface area contributed by atoms with Crippen LogP contribution < -0.4 is 4.90 Å². The molecule has 2 saturated carbocycles. The highest BCUT2D eigenvalue weighted by molar-refractivity contribution is 6.32. The predicted octanol–water partition coefficient (Wildman–Crippen LogP) is 3.32. The fourth-order valence-corrected chi connectivity index (χ4v) is 3.11. The molecule has 2 atom stereocenters. The number of rotatable bonds is 5. The largest absolute Gasteiger partial charge is 0.308 e. The van der Waals surface area contributed by atoms with Gasteiger partial charge in [-0.15, -0.1) is 0 Å². The van der Waals surface area contributed by atoms with Gasteiger partial charge in [0.2, 0.25) is 5.91 Å². The third kappa shape index (κ3) is 2.98. The molecule has 2 aromatic rings. The van der Waals surface area contributed by atoms with Crippen molar-refractivity contribution < 1.29 is 4.79 Å². The molecule has 5 nitrogen and oxygen atoms in total. The highest BCUT2D eigenvalue weighted by Crippen LogP contribution is 2.42. The van der Waals surface area contributed by atoms with Crippen molar-refractivity contribution in [1.82, 2.24) is 14.8 Å². The highest BCUT2D eigenvalue weighted by atomic mass is 35.5. The van der Waals surface area contributed by atoms with Gasteiger partial charge in [-0.1, -0.05) is 18.5 Å². The van der Waals surface area contributed by atoms with Gasteiger partial charge in [-0.2, -0.15) is 5.10 Å². The average molecular weight is 331 g/mol. The molecule has 1 amide bonds. The van der Waals surface area contributed by atoms with Gasteiger partial charge >= 0.3 is 0 Å². The molecule has 120 valence electrons. The summed E-state index contributed by atoms with van der Waals surface area (Å²) in [6.07, 6.45) is 8.65. The second-order valence-corrected chi connectivity index (χ2v) is 7.03. The molecule has 0 N–H and O–H groups in total. The van der Waals surface area contributed by atoms with Crippen molar-refractivity contribution in [2.75, 3.05) is 11.4 Å². The summed E-state index contributed by atoms with van der Waals surface area (Å²) in [5, 5.41) is 4.73. The van der Waals surface area contributed by atoms with E-state index in [4.69, 9.17) is 11.6 Å². The fourth-order valence-electron chi connectivity index (χ4n) is 2.88. The third-order valence-electron chi connectivity index (χ3n) is 4.68. The van der Waals surface area contributed by atoms with Crippen molar-refractivity contribution in [2.24, 2.45) is 17.8 Å². The quantitative estimate of drug-likeness (QED) is 0.845. The lowest BCUT2D eigenvalue weighted by molar-refractivity contribution is -0.120. The van der Waals surface area contributed by atoms with E-state index in [0.29, 0.717) is 22.7 Å². The summed E-state index contributed by atoms with van der Waals surface area (Å²) in [5.41, 5.74) is 1.55. The summed E-state index contributed by atoms with van der Waals surface area (Å²) in [5.74, 6) is 1.42. The Morgan fingerprint density at radius 2 is 2.26 bits per heavy atom. The van der Waals surface area contributed by atoms with Gasteiger partial charge in [0, 0.05) is 18.7 Å². The first-order valence-corrected chi connectivity index (χ1v) is 8.48. The van der Waals surface area contributed by atoms with E-state index in [2.05, 4.69) is 17.0 Å². The van der Waals surface area contributed by atoms with E-state index in [1.165, 1.54) is 12.8 Å². The lowest BCUT2D eigenvalue weighted by atomic mass is 10.2. The molecule has 0 bridgehead atoms. The topological polar surface area (TPSA) is 51.0 Å². The minimum Gasteiger partial charge on any atom is -0.308 e. The first kappa shape index (κ1) is 14.7. The fraction of sp³-hybridized carbons (Fsp3) is 0.471. The minimum absolute atomic E-state index is 0.145. The van der Waals surface area contributed by atoms with Crippen LogP contribution in [0.1, 0.15) is 26.2 Å². The van der Waals surface area contributed by atoms with Crippen LogP contribution in [0.5, 0.6) is 0 Å². The zero-order chi connectivity index (χ0) is 16.0. The molecule has 2 unspecified atom stereocenters. The molecule has 2 aliphatic carbocycles. The Labute approximate surface area is 140 Å². The number of amides is 1. The molecule has 2 fully saturated rings. The zero-order valence-electron chi connectivity index (χ0n) is 13.0. The maximum atomic E-state index is 12.8. The highest BCUT2D eigenvalue weighted by Gasteiger charge is 2.43. The Bertz CT molecular complexity index is 725. The predicted molar refractivity (Wildman–Crippen MR) is 88.7 cm³/mol. The lowest BCUT2D eigenvalue weighted by Gasteiger charge is -2.21. The number of carbonyl (C=O) groups is 1. The minimum atomic E-state index is 0.145. The molecule has 0 aromatic carbocycles. The molecule has 0 radical (unpaired) electrons. The Morgan fingerprint density at radius 3 is 2.87 bits per heavy atom. The van der Waals surface area contributed by atoms with Crippen LogP contribution in [0.3, 0.4) is 0 Å². The van der Waals surface area contributed by atoms with Crippen LogP contribution in [-0.4, -0.2) is 27.2 Å². The summed E-state index contributed by atoms with van der Waals surface area (Å²) < 4.78 is 1.69. The molecule has 2 heterocycles. The summed E-state index contributed by atoms with van der Waals surface area (Å²) in [6.45, 7) is 2.87. The molecular weight excluding hydrogens is 312 g/mol. The molecule has 0 spiro atoms. The van der Waals surface area contributed by atoms with Gasteiger partial charge in [0.15, 0.2) is 5.15 Å². The average Bonchev–Trinajstić information content (AvgIpc) is 3.47. The van der Waals surface area contributed by atoms with E-state index in [1.54, 1.807) is 17.1 Å². The van der Waals surface area contributed by atoms with Crippen molar-refractivity contribution in [2.45, 2.75) is 26.2 Å². The van der Waals surface area contributed by atoms with Crippen LogP contribution in [0, 0.1) is 17.8 Å². The number of nitrogens with zero attached hydrogens (tertiary/aromatic N) is 4. The Kier molecular flexibility index (Phi) is 3.60. The van der Waals surface area contributed by atoms with Crippen molar-refractivity contribution in [3.05, 3.63) is 35.9 Å². The van der Waals surface area contributed by atoms with Crippen LogP contribution in [0.4, 0.5) is 5.69 Å². The van der Waals surface area contributed by atoms with E-state index in [1.807, 2.05) is 23.2 Å². The molecule has 2 aromatic heterocycles. The number of pyridine rings is 1. The van der Waals surface area contributed by atoms with Crippen LogP contribution in [0.2, 0.25) is 5.15 Å². The van der Waals surface area contributed by atoms with E-state index in [9.17, 15) is 4.79 Å². The molecule has 0 aliphatic heterocycles. The number of anilines is 1. The summed E-state index contributed by atoms with van der Waals surface area (Å²) in [6, 6.07) is 3.76. The standard InChI is InChI=1S/C17H19ClN4O/c1-11-7-14(11)17(23)21(9-12-4-5-12)15-10-22(20-16(15)18)13-3-2-6-19-8-13/h2-3,6,8,10-12,14H,4-5,7,9H2,1H3. The monoisotopic (exact) mass is 330 g/mol. The number of hydrogen-bond acceptors (Lipinski definition) is 3. The van der Waals surface area contributed by atoms with Crippen LogP contribution in [0.15, 0.2) is 30.7 Å². The van der Waals surface area contributed by atoms with E-state index >= 15 is 0 Å². The van der Waals surface area contributed by atoms with Crippen LogP contribution in [-0.2, 0) is 4.79 Å². The molecule has 0 saturated heterocycles. The molecule has 23 heavy (non-hydrogen) atoms. The van der Waals surface area contributed by atoms with E-state index in [-0.39, 0.29) is 11.8 Å².